The summed E-state index contributed by atoms with van der Waals surface area (Å²) in [5.41, 5.74) is 0. The molecule has 0 aliphatic heterocycles. The molecule has 0 aliphatic rings. The summed E-state index contributed by atoms with van der Waals surface area (Å²) < 4.78 is 6.89. The Kier molecular flexibility index (Phi) is 6.02. The first-order chi connectivity index (χ1) is 7.20. The van der Waals surface area contributed by atoms with Crippen molar-refractivity contribution in [1.29, 1.82) is 0 Å². The summed E-state index contributed by atoms with van der Waals surface area (Å²) >= 11 is 2.30. The van der Waals surface area contributed by atoms with Gasteiger partial charge in [0.1, 0.15) is 5.75 Å². The van der Waals surface area contributed by atoms with E-state index in [1.54, 1.807) is 0 Å². The maximum atomic E-state index is 5.70. The van der Waals surface area contributed by atoms with Gasteiger partial charge in [-0.3, -0.25) is 0 Å². The van der Waals surface area contributed by atoms with Crippen LogP contribution in [0.4, 0.5) is 0 Å². The molecule has 15 heavy (non-hydrogen) atoms. The third-order valence-electron chi connectivity index (χ3n) is 2.17. The lowest BCUT2D eigenvalue weighted by atomic mass is 10.3. The number of ether oxygens (including phenoxy) is 1. The Hall–Kier alpha value is -0.290. The number of rotatable bonds is 6. The van der Waals surface area contributed by atoms with Gasteiger partial charge in [-0.15, -0.1) is 0 Å². The van der Waals surface area contributed by atoms with Crippen LogP contribution in [0.3, 0.4) is 0 Å². The second-order valence-corrected chi connectivity index (χ2v) is 5.11. The molecule has 0 unspecified atom stereocenters. The van der Waals surface area contributed by atoms with Crippen molar-refractivity contribution in [3.05, 3.63) is 27.8 Å². The van der Waals surface area contributed by atoms with E-state index in [9.17, 15) is 0 Å². The molecule has 0 bridgehead atoms. The van der Waals surface area contributed by atoms with Gasteiger partial charge in [0, 0.05) is 0 Å². The molecule has 3 heteroatoms. The summed E-state index contributed by atoms with van der Waals surface area (Å²) in [6, 6.07) is 8.14. The van der Waals surface area contributed by atoms with Gasteiger partial charge in [0.2, 0.25) is 0 Å². The highest BCUT2D eigenvalue weighted by atomic mass is 127. The van der Waals surface area contributed by atoms with Crippen LogP contribution >= 0.6 is 22.6 Å². The molecule has 1 N–H and O–H groups in total. The highest BCUT2D eigenvalue weighted by molar-refractivity contribution is 14.1. The van der Waals surface area contributed by atoms with Crippen LogP contribution in [0.2, 0.25) is 0 Å². The molecule has 0 spiro atoms. The van der Waals surface area contributed by atoms with Gasteiger partial charge in [-0.2, -0.15) is 0 Å². The number of hydrogen-bond acceptors (Lipinski definition) is 1. The molecule has 0 amide bonds. The number of hydrogen-bond donors (Lipinski definition) is 1. The fraction of sp³-hybridized carbons (Fsp3) is 0.500. The number of para-hydroxylation sites is 1. The summed E-state index contributed by atoms with van der Waals surface area (Å²) in [5.74, 6) is 1.01. The molecule has 0 radical (unpaired) electrons. The molecule has 1 aromatic carbocycles. The van der Waals surface area contributed by atoms with Crippen LogP contribution < -0.4 is 9.64 Å². The van der Waals surface area contributed by atoms with Crippen LogP contribution in [0.5, 0.6) is 5.75 Å². The predicted molar refractivity (Wildman–Crippen MR) is 71.6 cm³/mol. The van der Waals surface area contributed by atoms with Crippen LogP contribution in [-0.4, -0.2) is 27.2 Å². The lowest BCUT2D eigenvalue weighted by Crippen LogP contribution is -3.05. The van der Waals surface area contributed by atoms with Crippen LogP contribution in [0, 0.1) is 3.57 Å². The van der Waals surface area contributed by atoms with Crippen molar-refractivity contribution < 1.29 is 9.64 Å². The van der Waals surface area contributed by atoms with Gasteiger partial charge in [0.25, 0.3) is 0 Å². The van der Waals surface area contributed by atoms with Crippen molar-refractivity contribution in [3.8, 4) is 5.75 Å². The van der Waals surface area contributed by atoms with Crippen molar-refractivity contribution in [2.75, 3.05) is 27.2 Å². The van der Waals surface area contributed by atoms with Gasteiger partial charge in [0.05, 0.1) is 30.8 Å². The lowest BCUT2D eigenvalue weighted by Gasteiger charge is -2.09. The molecule has 1 aromatic rings. The molecule has 0 atom stereocenters. The van der Waals surface area contributed by atoms with E-state index in [4.69, 9.17) is 4.74 Å². The number of unbranched alkanes of at least 4 members (excludes halogenated alkanes) is 1. The number of quaternary nitrogens is 1. The predicted octanol–water partition coefficient (Wildman–Crippen LogP) is 1.59. The minimum absolute atomic E-state index is 0.827. The van der Waals surface area contributed by atoms with Gasteiger partial charge in [0.15, 0.2) is 0 Å². The van der Waals surface area contributed by atoms with E-state index in [0.717, 1.165) is 18.8 Å². The Morgan fingerprint density at radius 1 is 1.20 bits per heavy atom. The van der Waals surface area contributed by atoms with Crippen molar-refractivity contribution in [3.63, 3.8) is 0 Å². The van der Waals surface area contributed by atoms with Crippen LogP contribution in [0.1, 0.15) is 12.8 Å². The first kappa shape index (κ1) is 12.8. The molecular formula is C12H19INO+. The molecule has 0 saturated heterocycles. The molecule has 1 rings (SSSR count). The van der Waals surface area contributed by atoms with Crippen LogP contribution in [0.25, 0.3) is 0 Å². The smallest absolute Gasteiger partial charge is 0.132 e. The van der Waals surface area contributed by atoms with E-state index in [1.165, 1.54) is 21.4 Å². The van der Waals surface area contributed by atoms with Crippen molar-refractivity contribution >= 4 is 22.6 Å². The van der Waals surface area contributed by atoms with E-state index < -0.39 is 0 Å². The molecule has 0 fully saturated rings. The minimum Gasteiger partial charge on any atom is -0.492 e. The monoisotopic (exact) mass is 320 g/mol. The maximum absolute atomic E-state index is 5.70. The maximum Gasteiger partial charge on any atom is 0.132 e. The summed E-state index contributed by atoms with van der Waals surface area (Å²) in [4.78, 5) is 1.50. The van der Waals surface area contributed by atoms with E-state index in [1.807, 2.05) is 18.2 Å². The Bertz CT molecular complexity index is 289. The van der Waals surface area contributed by atoms with Gasteiger partial charge in [-0.05, 0) is 47.6 Å². The highest BCUT2D eigenvalue weighted by Gasteiger charge is 1.99. The van der Waals surface area contributed by atoms with Gasteiger partial charge in [-0.25, -0.2) is 0 Å². The Morgan fingerprint density at radius 3 is 2.60 bits per heavy atom. The quantitative estimate of drug-likeness (QED) is 0.621. The third-order valence-corrected chi connectivity index (χ3v) is 3.06. The molecule has 0 aromatic heterocycles. The summed E-state index contributed by atoms with van der Waals surface area (Å²) in [5, 5.41) is 0. The topological polar surface area (TPSA) is 13.7 Å². The van der Waals surface area contributed by atoms with Crippen LogP contribution in [0.15, 0.2) is 24.3 Å². The lowest BCUT2D eigenvalue weighted by molar-refractivity contribution is -0.858. The summed E-state index contributed by atoms with van der Waals surface area (Å²) in [7, 11) is 4.36. The van der Waals surface area contributed by atoms with E-state index in [0.29, 0.717) is 0 Å². The number of nitrogens with one attached hydrogen (secondary N) is 1. The average molecular weight is 320 g/mol. The van der Waals surface area contributed by atoms with E-state index >= 15 is 0 Å². The Balaban J connectivity index is 2.18. The zero-order chi connectivity index (χ0) is 11.1. The first-order valence-electron chi connectivity index (χ1n) is 5.36. The average Bonchev–Trinajstić information content (AvgIpc) is 2.20. The second-order valence-electron chi connectivity index (χ2n) is 3.94. The molecular weight excluding hydrogens is 301 g/mol. The number of halogens is 1. The molecule has 0 heterocycles. The van der Waals surface area contributed by atoms with Crippen molar-refractivity contribution in [2.45, 2.75) is 12.8 Å². The highest BCUT2D eigenvalue weighted by Crippen LogP contribution is 2.19. The zero-order valence-corrected chi connectivity index (χ0v) is 11.6. The fourth-order valence-electron chi connectivity index (χ4n) is 1.32. The number of benzene rings is 1. The molecule has 2 nitrogen and oxygen atoms in total. The standard InChI is InChI=1S/C12H18INO/c1-14(2)9-5-6-10-15-12-8-4-3-7-11(12)13/h3-4,7-8H,5-6,9-10H2,1-2H3/p+1. The van der Waals surface area contributed by atoms with Gasteiger partial charge >= 0.3 is 0 Å². The van der Waals surface area contributed by atoms with Gasteiger partial charge < -0.3 is 9.64 Å². The minimum atomic E-state index is 0.827. The van der Waals surface area contributed by atoms with Crippen molar-refractivity contribution in [1.82, 2.24) is 0 Å². The normalized spacial score (nSPS) is 10.7. The zero-order valence-electron chi connectivity index (χ0n) is 9.42. The molecule has 84 valence electrons. The van der Waals surface area contributed by atoms with E-state index in [2.05, 4.69) is 42.8 Å². The van der Waals surface area contributed by atoms with Gasteiger partial charge in [-0.1, -0.05) is 12.1 Å². The summed E-state index contributed by atoms with van der Waals surface area (Å²) in [6.45, 7) is 2.04. The second kappa shape index (κ2) is 7.06. The summed E-state index contributed by atoms with van der Waals surface area (Å²) in [6.07, 6.45) is 2.36. The third kappa shape index (κ3) is 5.37. The Morgan fingerprint density at radius 2 is 1.93 bits per heavy atom. The first-order valence-corrected chi connectivity index (χ1v) is 6.44. The van der Waals surface area contributed by atoms with Crippen molar-refractivity contribution in [2.24, 2.45) is 0 Å². The van der Waals surface area contributed by atoms with Crippen LogP contribution in [-0.2, 0) is 0 Å². The SMILES string of the molecule is C[NH+](C)CCCCOc1ccccc1I. The fourth-order valence-corrected chi connectivity index (χ4v) is 1.87. The molecule has 0 aliphatic carbocycles. The Labute approximate surface area is 106 Å². The van der Waals surface area contributed by atoms with E-state index in [-0.39, 0.29) is 0 Å². The molecule has 0 saturated carbocycles. The largest absolute Gasteiger partial charge is 0.492 e.